The lowest BCUT2D eigenvalue weighted by Gasteiger charge is -2.27. The Morgan fingerprint density at radius 1 is 1.17 bits per heavy atom. The molecule has 0 saturated carbocycles. The maximum absolute atomic E-state index is 13.4. The van der Waals surface area contributed by atoms with Crippen molar-refractivity contribution in [2.75, 3.05) is 13.7 Å². The quantitative estimate of drug-likeness (QED) is 0.636. The number of nitrogens with zero attached hydrogens (tertiary/aromatic N) is 3. The van der Waals surface area contributed by atoms with Crippen LogP contribution in [0.2, 0.25) is 0 Å². The van der Waals surface area contributed by atoms with Crippen LogP contribution in [-0.2, 0) is 13.5 Å². The van der Waals surface area contributed by atoms with Crippen molar-refractivity contribution in [1.29, 1.82) is 0 Å². The van der Waals surface area contributed by atoms with Gasteiger partial charge in [0.2, 0.25) is 0 Å². The topological polar surface area (TPSA) is 60.5 Å². The van der Waals surface area contributed by atoms with Gasteiger partial charge in [0.25, 0.3) is 5.56 Å². The summed E-state index contributed by atoms with van der Waals surface area (Å²) in [6.07, 6.45) is 2.86. The molecule has 3 aromatic rings. The SMILES string of the molecule is [C-]#[N+]c1ccc(-c2nc(CCC3CCN3)n(C)c(=O)c2-c2ccc(OC)cc2)cc1. The van der Waals surface area contributed by atoms with E-state index in [1.807, 2.05) is 36.4 Å². The van der Waals surface area contributed by atoms with E-state index in [0.29, 0.717) is 23.0 Å². The van der Waals surface area contributed by atoms with E-state index in [9.17, 15) is 4.79 Å². The Labute approximate surface area is 176 Å². The lowest BCUT2D eigenvalue weighted by atomic mass is 9.98. The number of benzene rings is 2. The Morgan fingerprint density at radius 2 is 1.83 bits per heavy atom. The standard InChI is InChI=1S/C24H24N4O2/c1-25-18-8-4-17(5-9-18)23-22(16-6-11-20(30-3)12-7-16)24(29)28(2)21(27-23)13-10-19-14-15-26-19/h4-9,11-12,19,26H,10,13-15H2,2-3H3. The highest BCUT2D eigenvalue weighted by Crippen LogP contribution is 2.30. The van der Waals surface area contributed by atoms with E-state index in [2.05, 4.69) is 10.2 Å². The number of nitrogens with one attached hydrogen (secondary N) is 1. The first-order valence-corrected chi connectivity index (χ1v) is 10.1. The molecule has 2 aromatic carbocycles. The van der Waals surface area contributed by atoms with Crippen LogP contribution in [-0.4, -0.2) is 29.2 Å². The van der Waals surface area contributed by atoms with Crippen LogP contribution in [0.25, 0.3) is 27.2 Å². The third-order valence-corrected chi connectivity index (χ3v) is 5.67. The van der Waals surface area contributed by atoms with Gasteiger partial charge in [-0.1, -0.05) is 36.4 Å². The predicted molar refractivity (Wildman–Crippen MR) is 118 cm³/mol. The van der Waals surface area contributed by atoms with Gasteiger partial charge in [0.15, 0.2) is 5.69 Å². The minimum Gasteiger partial charge on any atom is -0.497 e. The summed E-state index contributed by atoms with van der Waals surface area (Å²) >= 11 is 0. The Morgan fingerprint density at radius 3 is 2.40 bits per heavy atom. The smallest absolute Gasteiger partial charge is 0.261 e. The van der Waals surface area contributed by atoms with Gasteiger partial charge < -0.3 is 10.1 Å². The van der Waals surface area contributed by atoms with Crippen LogP contribution in [0.3, 0.4) is 0 Å². The largest absolute Gasteiger partial charge is 0.497 e. The second-order valence-electron chi connectivity index (χ2n) is 7.48. The van der Waals surface area contributed by atoms with E-state index in [0.717, 1.165) is 42.1 Å². The first-order chi connectivity index (χ1) is 14.6. The molecule has 30 heavy (non-hydrogen) atoms. The summed E-state index contributed by atoms with van der Waals surface area (Å²) in [4.78, 5) is 21.8. The van der Waals surface area contributed by atoms with Crippen LogP contribution in [0.15, 0.2) is 53.3 Å². The number of aromatic nitrogens is 2. The van der Waals surface area contributed by atoms with E-state index >= 15 is 0 Å². The van der Waals surface area contributed by atoms with E-state index in [-0.39, 0.29) is 5.56 Å². The van der Waals surface area contributed by atoms with E-state index in [4.69, 9.17) is 16.3 Å². The molecular weight excluding hydrogens is 376 g/mol. The minimum atomic E-state index is -0.0732. The molecule has 0 aliphatic carbocycles. The number of methoxy groups -OCH3 is 1. The van der Waals surface area contributed by atoms with Crippen LogP contribution < -0.4 is 15.6 Å². The number of ether oxygens (including phenoxy) is 1. The summed E-state index contributed by atoms with van der Waals surface area (Å²) in [5.74, 6) is 1.51. The Bertz CT molecular complexity index is 1140. The zero-order chi connectivity index (χ0) is 21.1. The van der Waals surface area contributed by atoms with Gasteiger partial charge in [-0.05, 0) is 42.6 Å². The molecule has 1 unspecified atom stereocenters. The monoisotopic (exact) mass is 400 g/mol. The van der Waals surface area contributed by atoms with Crippen LogP contribution in [0.1, 0.15) is 18.7 Å². The molecule has 1 atom stereocenters. The molecular formula is C24H24N4O2. The summed E-state index contributed by atoms with van der Waals surface area (Å²) in [6, 6.07) is 15.2. The fourth-order valence-corrected chi connectivity index (χ4v) is 3.69. The highest BCUT2D eigenvalue weighted by molar-refractivity contribution is 5.81. The molecule has 4 rings (SSSR count). The highest BCUT2D eigenvalue weighted by Gasteiger charge is 2.21. The Kier molecular flexibility index (Phi) is 5.64. The number of hydrogen-bond donors (Lipinski definition) is 1. The van der Waals surface area contributed by atoms with Gasteiger partial charge in [-0.25, -0.2) is 9.83 Å². The normalized spacial score (nSPS) is 15.3. The zero-order valence-corrected chi connectivity index (χ0v) is 17.2. The van der Waals surface area contributed by atoms with Crippen LogP contribution in [0.4, 0.5) is 5.69 Å². The molecule has 0 spiro atoms. The first kappa shape index (κ1) is 19.9. The lowest BCUT2D eigenvalue weighted by Crippen LogP contribution is -2.43. The third kappa shape index (κ3) is 3.85. The lowest BCUT2D eigenvalue weighted by molar-refractivity contribution is 0.347. The molecule has 6 heteroatoms. The van der Waals surface area contributed by atoms with Crippen molar-refractivity contribution in [1.82, 2.24) is 14.9 Å². The van der Waals surface area contributed by atoms with Crippen molar-refractivity contribution >= 4 is 5.69 Å². The van der Waals surface area contributed by atoms with Crippen molar-refractivity contribution < 1.29 is 4.74 Å². The maximum Gasteiger partial charge on any atom is 0.261 e. The van der Waals surface area contributed by atoms with Crippen LogP contribution >= 0.6 is 0 Å². The number of aryl methyl sites for hydroxylation is 1. The molecule has 1 N–H and O–H groups in total. The molecule has 0 amide bonds. The number of rotatable bonds is 6. The van der Waals surface area contributed by atoms with Crippen molar-refractivity contribution in [3.63, 3.8) is 0 Å². The van der Waals surface area contributed by atoms with Gasteiger partial charge in [-0.15, -0.1) is 0 Å². The molecule has 0 radical (unpaired) electrons. The Hall–Kier alpha value is -3.43. The summed E-state index contributed by atoms with van der Waals surface area (Å²) in [6.45, 7) is 8.25. The molecule has 1 fully saturated rings. The molecule has 6 nitrogen and oxygen atoms in total. The average Bonchev–Trinajstić information content (AvgIpc) is 2.75. The molecule has 2 heterocycles. The average molecular weight is 400 g/mol. The number of hydrogen-bond acceptors (Lipinski definition) is 4. The Balaban J connectivity index is 1.84. The van der Waals surface area contributed by atoms with E-state index in [1.54, 1.807) is 30.9 Å². The van der Waals surface area contributed by atoms with Crippen LogP contribution in [0, 0.1) is 6.57 Å². The van der Waals surface area contributed by atoms with Crippen LogP contribution in [0.5, 0.6) is 5.75 Å². The maximum atomic E-state index is 13.4. The highest BCUT2D eigenvalue weighted by atomic mass is 16.5. The molecule has 1 aromatic heterocycles. The van der Waals surface area contributed by atoms with Crippen molar-refractivity contribution in [2.45, 2.75) is 25.3 Å². The van der Waals surface area contributed by atoms with E-state index < -0.39 is 0 Å². The molecule has 0 bridgehead atoms. The fourth-order valence-electron chi connectivity index (χ4n) is 3.69. The van der Waals surface area contributed by atoms with Crippen molar-refractivity contribution in [3.05, 3.63) is 76.1 Å². The molecule has 152 valence electrons. The summed E-state index contributed by atoms with van der Waals surface area (Å²) in [7, 11) is 3.41. The summed E-state index contributed by atoms with van der Waals surface area (Å²) in [5, 5.41) is 3.40. The third-order valence-electron chi connectivity index (χ3n) is 5.67. The molecule has 1 aliphatic heterocycles. The fraction of sp³-hybridized carbons (Fsp3) is 0.292. The van der Waals surface area contributed by atoms with Gasteiger partial charge in [-0.2, -0.15) is 0 Å². The van der Waals surface area contributed by atoms with Gasteiger partial charge >= 0.3 is 0 Å². The van der Waals surface area contributed by atoms with Gasteiger partial charge in [0.05, 0.1) is 24.9 Å². The minimum absolute atomic E-state index is 0.0732. The molecule has 1 aliphatic rings. The van der Waals surface area contributed by atoms with Gasteiger partial charge in [0.1, 0.15) is 11.6 Å². The van der Waals surface area contributed by atoms with Crippen molar-refractivity contribution in [3.8, 4) is 28.1 Å². The first-order valence-electron chi connectivity index (χ1n) is 10.1. The van der Waals surface area contributed by atoms with Gasteiger partial charge in [-0.3, -0.25) is 9.36 Å². The summed E-state index contributed by atoms with van der Waals surface area (Å²) in [5.41, 5.74) is 3.31. The second kappa shape index (κ2) is 8.52. The van der Waals surface area contributed by atoms with E-state index in [1.165, 1.54) is 6.42 Å². The zero-order valence-electron chi connectivity index (χ0n) is 17.2. The molecule has 1 saturated heterocycles. The summed E-state index contributed by atoms with van der Waals surface area (Å²) < 4.78 is 6.92. The van der Waals surface area contributed by atoms with Crippen molar-refractivity contribution in [2.24, 2.45) is 7.05 Å². The second-order valence-corrected chi connectivity index (χ2v) is 7.48. The predicted octanol–water partition coefficient (Wildman–Crippen LogP) is 3.97. The van der Waals surface area contributed by atoms with Gasteiger partial charge in [0, 0.05) is 19.5 Å².